The van der Waals surface area contributed by atoms with Crippen molar-refractivity contribution in [1.82, 2.24) is 4.98 Å². The number of hydrogen-bond donors (Lipinski definition) is 1. The van der Waals surface area contributed by atoms with Crippen molar-refractivity contribution >= 4 is 16.9 Å². The number of furan rings is 1. The number of aliphatic carboxylic acids is 1. The zero-order chi connectivity index (χ0) is 11.1. The summed E-state index contributed by atoms with van der Waals surface area (Å²) in [6.45, 7) is 0. The zero-order valence-corrected chi connectivity index (χ0v) is 8.69. The van der Waals surface area contributed by atoms with Gasteiger partial charge in [0.05, 0.1) is 12.1 Å². The van der Waals surface area contributed by atoms with Gasteiger partial charge < -0.3 is 9.52 Å². The van der Waals surface area contributed by atoms with Crippen LogP contribution in [0, 0.1) is 0 Å². The van der Waals surface area contributed by atoms with Crippen LogP contribution in [0.25, 0.3) is 11.0 Å². The van der Waals surface area contributed by atoms with Gasteiger partial charge in [0.2, 0.25) is 0 Å². The molecule has 0 aliphatic heterocycles. The Balaban J connectivity index is 2.24. The summed E-state index contributed by atoms with van der Waals surface area (Å²) in [7, 11) is 0. The molecule has 0 fully saturated rings. The van der Waals surface area contributed by atoms with E-state index >= 15 is 0 Å². The monoisotopic (exact) mass is 217 g/mol. The van der Waals surface area contributed by atoms with Gasteiger partial charge in [-0.05, 0) is 18.9 Å². The first-order chi connectivity index (χ1) is 7.75. The molecule has 2 aromatic rings. The van der Waals surface area contributed by atoms with Crippen LogP contribution in [0.2, 0.25) is 0 Å². The lowest BCUT2D eigenvalue weighted by atomic mass is 10.1. The quantitative estimate of drug-likeness (QED) is 0.835. The van der Waals surface area contributed by atoms with Crippen molar-refractivity contribution in [2.24, 2.45) is 0 Å². The Morgan fingerprint density at radius 3 is 3.19 bits per heavy atom. The van der Waals surface area contributed by atoms with Crippen LogP contribution in [0.5, 0.6) is 0 Å². The van der Waals surface area contributed by atoms with Crippen molar-refractivity contribution < 1.29 is 14.3 Å². The van der Waals surface area contributed by atoms with Crippen molar-refractivity contribution in [3.63, 3.8) is 0 Å². The van der Waals surface area contributed by atoms with E-state index in [9.17, 15) is 4.79 Å². The molecule has 3 rings (SSSR count). The van der Waals surface area contributed by atoms with E-state index in [2.05, 4.69) is 4.98 Å². The van der Waals surface area contributed by atoms with Gasteiger partial charge in [-0.15, -0.1) is 0 Å². The topological polar surface area (TPSA) is 63.3 Å². The van der Waals surface area contributed by atoms with Gasteiger partial charge in [0.25, 0.3) is 0 Å². The number of rotatable bonds is 2. The third kappa shape index (κ3) is 1.30. The maximum Gasteiger partial charge on any atom is 0.309 e. The summed E-state index contributed by atoms with van der Waals surface area (Å²) in [6, 6.07) is 1.80. The molecule has 0 unspecified atom stereocenters. The number of carbonyl (C=O) groups is 1. The van der Waals surface area contributed by atoms with Crippen LogP contribution in [-0.2, 0) is 24.1 Å². The second-order valence-corrected chi connectivity index (χ2v) is 4.06. The van der Waals surface area contributed by atoms with Crippen molar-refractivity contribution in [1.29, 1.82) is 0 Å². The molecule has 16 heavy (non-hydrogen) atoms. The molecule has 0 amide bonds. The minimum Gasteiger partial charge on any atom is -0.481 e. The fourth-order valence-corrected chi connectivity index (χ4v) is 2.40. The molecular formula is C12H11NO3. The van der Waals surface area contributed by atoms with Crippen LogP contribution in [0.4, 0.5) is 0 Å². The molecule has 0 aromatic carbocycles. The van der Waals surface area contributed by atoms with E-state index in [1.165, 1.54) is 5.56 Å². The Labute approximate surface area is 91.9 Å². The lowest BCUT2D eigenvalue weighted by Crippen LogP contribution is -2.03. The van der Waals surface area contributed by atoms with E-state index in [4.69, 9.17) is 9.52 Å². The van der Waals surface area contributed by atoms with Crippen molar-refractivity contribution in [3.8, 4) is 0 Å². The summed E-state index contributed by atoms with van der Waals surface area (Å²) >= 11 is 0. The average Bonchev–Trinajstić information content (AvgIpc) is 2.75. The smallest absolute Gasteiger partial charge is 0.309 e. The standard InChI is InChI=1S/C12H11NO3/c14-11(15)6-8-12-7-2-1-3-9(7)16-10(12)4-5-13-8/h4-5H,1-3,6H2,(H,14,15). The summed E-state index contributed by atoms with van der Waals surface area (Å²) in [5.41, 5.74) is 2.56. The molecule has 1 aliphatic carbocycles. The summed E-state index contributed by atoms with van der Waals surface area (Å²) in [6.07, 6.45) is 4.59. The maximum absolute atomic E-state index is 10.8. The fraction of sp³-hybridized carbons (Fsp3) is 0.333. The molecule has 0 saturated carbocycles. The Hall–Kier alpha value is -1.84. The first kappa shape index (κ1) is 9.39. The highest BCUT2D eigenvalue weighted by molar-refractivity contribution is 5.87. The average molecular weight is 217 g/mol. The molecule has 2 aromatic heterocycles. The molecule has 0 saturated heterocycles. The van der Waals surface area contributed by atoms with Crippen LogP contribution < -0.4 is 0 Å². The number of pyridine rings is 1. The van der Waals surface area contributed by atoms with Crippen LogP contribution >= 0.6 is 0 Å². The van der Waals surface area contributed by atoms with Gasteiger partial charge in [0.1, 0.15) is 11.3 Å². The van der Waals surface area contributed by atoms with Crippen LogP contribution in [0.15, 0.2) is 16.7 Å². The summed E-state index contributed by atoms with van der Waals surface area (Å²) in [5.74, 6) is 0.155. The molecule has 4 heteroatoms. The van der Waals surface area contributed by atoms with Crippen LogP contribution in [0.1, 0.15) is 23.4 Å². The van der Waals surface area contributed by atoms with Crippen LogP contribution in [0.3, 0.4) is 0 Å². The van der Waals surface area contributed by atoms with Gasteiger partial charge in [-0.25, -0.2) is 0 Å². The summed E-state index contributed by atoms with van der Waals surface area (Å²) in [4.78, 5) is 14.9. The van der Waals surface area contributed by atoms with Gasteiger partial charge in [-0.3, -0.25) is 9.78 Å². The largest absolute Gasteiger partial charge is 0.481 e. The number of hydrogen-bond acceptors (Lipinski definition) is 3. The normalized spacial score (nSPS) is 14.2. The molecule has 0 atom stereocenters. The van der Waals surface area contributed by atoms with E-state index in [1.807, 2.05) is 0 Å². The first-order valence-corrected chi connectivity index (χ1v) is 5.35. The minimum atomic E-state index is -0.854. The number of fused-ring (bicyclic) bond motifs is 3. The minimum absolute atomic E-state index is 0.0384. The van der Waals surface area contributed by atoms with E-state index < -0.39 is 5.97 Å². The number of aromatic nitrogens is 1. The summed E-state index contributed by atoms with van der Waals surface area (Å²) in [5, 5.41) is 9.77. The Morgan fingerprint density at radius 1 is 1.50 bits per heavy atom. The highest BCUT2D eigenvalue weighted by Crippen LogP contribution is 2.34. The van der Waals surface area contributed by atoms with Gasteiger partial charge in [-0.1, -0.05) is 0 Å². The Bertz CT molecular complexity index is 571. The summed E-state index contributed by atoms with van der Waals surface area (Å²) < 4.78 is 5.70. The van der Waals surface area contributed by atoms with E-state index in [1.54, 1.807) is 12.3 Å². The molecule has 2 heterocycles. The second-order valence-electron chi connectivity index (χ2n) is 4.06. The fourth-order valence-electron chi connectivity index (χ4n) is 2.40. The zero-order valence-electron chi connectivity index (χ0n) is 8.69. The highest BCUT2D eigenvalue weighted by Gasteiger charge is 2.22. The number of aryl methyl sites for hydroxylation is 2. The van der Waals surface area contributed by atoms with Crippen molar-refractivity contribution in [2.75, 3.05) is 0 Å². The highest BCUT2D eigenvalue weighted by atomic mass is 16.4. The molecule has 0 bridgehead atoms. The van der Waals surface area contributed by atoms with Gasteiger partial charge in [0, 0.05) is 23.6 Å². The lowest BCUT2D eigenvalue weighted by Gasteiger charge is -1.99. The molecular weight excluding hydrogens is 206 g/mol. The van der Waals surface area contributed by atoms with Gasteiger partial charge in [-0.2, -0.15) is 0 Å². The van der Waals surface area contributed by atoms with E-state index in [-0.39, 0.29) is 6.42 Å². The van der Waals surface area contributed by atoms with Gasteiger partial charge >= 0.3 is 5.97 Å². The number of nitrogens with zero attached hydrogens (tertiary/aromatic N) is 1. The van der Waals surface area contributed by atoms with E-state index in [0.29, 0.717) is 5.69 Å². The predicted octanol–water partition coefficient (Wildman–Crippen LogP) is 1.94. The van der Waals surface area contributed by atoms with Gasteiger partial charge in [0.15, 0.2) is 0 Å². The molecule has 0 spiro atoms. The third-order valence-corrected chi connectivity index (χ3v) is 3.01. The van der Waals surface area contributed by atoms with Crippen molar-refractivity contribution in [3.05, 3.63) is 29.3 Å². The number of carboxylic acids is 1. The van der Waals surface area contributed by atoms with Crippen molar-refractivity contribution in [2.45, 2.75) is 25.7 Å². The van der Waals surface area contributed by atoms with Crippen LogP contribution in [-0.4, -0.2) is 16.1 Å². The lowest BCUT2D eigenvalue weighted by molar-refractivity contribution is -0.136. The Kier molecular flexibility index (Phi) is 1.96. The SMILES string of the molecule is O=C(O)Cc1nccc2oc3c(c12)CCC3. The molecule has 0 radical (unpaired) electrons. The molecule has 4 nitrogen and oxygen atoms in total. The second kappa shape index (κ2) is 3.33. The molecule has 82 valence electrons. The molecule has 1 aliphatic rings. The predicted molar refractivity (Wildman–Crippen MR) is 57.4 cm³/mol. The molecule has 1 N–H and O–H groups in total. The first-order valence-electron chi connectivity index (χ1n) is 5.35. The maximum atomic E-state index is 10.8. The van der Waals surface area contributed by atoms with E-state index in [0.717, 1.165) is 36.0 Å². The third-order valence-electron chi connectivity index (χ3n) is 3.01. The number of carboxylic acid groups (broad SMARTS) is 1. The Morgan fingerprint density at radius 2 is 2.38 bits per heavy atom.